The van der Waals surface area contributed by atoms with Gasteiger partial charge in [-0.05, 0) is 24.5 Å². The van der Waals surface area contributed by atoms with Gasteiger partial charge in [0.05, 0.1) is 23.8 Å². The molecule has 0 aliphatic carbocycles. The van der Waals surface area contributed by atoms with Gasteiger partial charge in [-0.1, -0.05) is 49.3 Å². The van der Waals surface area contributed by atoms with Crippen LogP contribution in [0.1, 0.15) is 42.6 Å². The fraction of sp³-hybridized carbons (Fsp3) is 0.360. The maximum Gasteiger partial charge on any atom is 0.475 e. The molecule has 3 heterocycles. The van der Waals surface area contributed by atoms with Crippen molar-refractivity contribution in [2.45, 2.75) is 44.2 Å². The molecule has 3 aromatic rings. The van der Waals surface area contributed by atoms with Gasteiger partial charge in [-0.25, -0.2) is 4.98 Å². The average Bonchev–Trinajstić information content (AvgIpc) is 3.55. The van der Waals surface area contributed by atoms with Crippen molar-refractivity contribution in [3.63, 3.8) is 0 Å². The molecule has 0 spiro atoms. The Morgan fingerprint density at radius 1 is 1.18 bits per heavy atom. The summed E-state index contributed by atoms with van der Waals surface area (Å²) in [6.45, 7) is 3.31. The topological polar surface area (TPSA) is 138 Å². The van der Waals surface area contributed by atoms with Crippen LogP contribution in [-0.2, 0) is 15.6 Å². The number of fused-ring (bicyclic) bond motifs is 1. The van der Waals surface area contributed by atoms with Crippen LogP contribution in [0.25, 0.3) is 5.65 Å². The van der Waals surface area contributed by atoms with Crippen LogP contribution in [0.3, 0.4) is 0 Å². The minimum absolute atomic E-state index is 0.00403. The van der Waals surface area contributed by atoms with Gasteiger partial charge < -0.3 is 29.9 Å². The lowest BCUT2D eigenvalue weighted by molar-refractivity contribution is -0.207. The number of carbonyl (C=O) groups is 2. The van der Waals surface area contributed by atoms with Crippen LogP contribution >= 0.6 is 0 Å². The third kappa shape index (κ3) is 5.25. The van der Waals surface area contributed by atoms with Gasteiger partial charge >= 0.3 is 13.0 Å². The highest BCUT2D eigenvalue weighted by molar-refractivity contribution is 6.43. The maximum absolute atomic E-state index is 16.0. The van der Waals surface area contributed by atoms with Crippen LogP contribution in [0.15, 0.2) is 66.2 Å². The number of carbonyl (C=O) groups excluding carboxylic acids is 2. The summed E-state index contributed by atoms with van der Waals surface area (Å²) in [5.74, 6) is -6.91. The van der Waals surface area contributed by atoms with Gasteiger partial charge in [0.15, 0.2) is 0 Å². The van der Waals surface area contributed by atoms with Crippen LogP contribution < -0.4 is 10.6 Å². The van der Waals surface area contributed by atoms with Crippen molar-refractivity contribution in [2.75, 3.05) is 6.54 Å². The molecule has 4 rings (SSSR count). The lowest BCUT2D eigenvalue weighted by Crippen LogP contribution is -2.61. The number of benzene rings is 1. The first-order valence-corrected chi connectivity index (χ1v) is 12.1. The molecule has 0 saturated carbocycles. The molecule has 1 aliphatic heterocycles. The first kappa shape index (κ1) is 27.2. The minimum atomic E-state index is -3.86. The minimum Gasteiger partial charge on any atom is -0.426 e. The second kappa shape index (κ2) is 10.9. The fourth-order valence-corrected chi connectivity index (χ4v) is 4.35. The average molecular weight is 527 g/mol. The smallest absolute Gasteiger partial charge is 0.426 e. The first-order chi connectivity index (χ1) is 18.0. The summed E-state index contributed by atoms with van der Waals surface area (Å²) in [5, 5.41) is 28.2. The van der Waals surface area contributed by atoms with Crippen molar-refractivity contribution in [3.05, 3.63) is 72.2 Å². The summed E-state index contributed by atoms with van der Waals surface area (Å²) in [6, 6.07) is 9.92. The molecule has 0 bridgehead atoms. The highest BCUT2D eigenvalue weighted by atomic mass is 19.3. The van der Waals surface area contributed by atoms with Gasteiger partial charge in [0.25, 0.3) is 17.4 Å². The fourth-order valence-electron chi connectivity index (χ4n) is 4.35. The molecule has 10 nitrogen and oxygen atoms in total. The van der Waals surface area contributed by atoms with Crippen molar-refractivity contribution in [3.8, 4) is 0 Å². The number of nitrogens with one attached hydrogen (secondary N) is 2. The second-order valence-electron chi connectivity index (χ2n) is 9.58. The molecule has 1 aliphatic rings. The monoisotopic (exact) mass is 527 g/mol. The molecular formula is C25H28BF2N5O5. The number of oxime groups is 1. The molecule has 0 radical (unpaired) electrons. The van der Waals surface area contributed by atoms with E-state index in [9.17, 15) is 19.6 Å². The van der Waals surface area contributed by atoms with Crippen LogP contribution in [0.5, 0.6) is 0 Å². The molecule has 0 saturated heterocycles. The van der Waals surface area contributed by atoms with E-state index in [1.807, 2.05) is 0 Å². The molecule has 0 fully saturated rings. The lowest BCUT2D eigenvalue weighted by Gasteiger charge is -2.35. The Balaban J connectivity index is 1.57. The van der Waals surface area contributed by atoms with Crippen LogP contribution in [0.4, 0.5) is 8.78 Å². The quantitative estimate of drug-likeness (QED) is 0.298. The highest BCUT2D eigenvalue weighted by Crippen LogP contribution is 2.46. The standard InChI is InChI=1S/C25H28BF2N5O5/c1-16(2)13-20(26(36)37)31-23(35)24(25(27,28)17-7-4-3-5-8-17)14-18(32-38-24)15-30-22(34)19-9-6-11-33-12-10-29-21(19)33/h3-12,16,20,36-37H,13-15H2,1-2H3,(H,30,34)(H,31,35). The number of aromatic nitrogens is 2. The number of alkyl halides is 2. The zero-order chi connectivity index (χ0) is 27.5. The Bertz CT molecular complexity index is 1330. The summed E-state index contributed by atoms with van der Waals surface area (Å²) >= 11 is 0. The van der Waals surface area contributed by atoms with Gasteiger partial charge in [0.1, 0.15) is 5.65 Å². The van der Waals surface area contributed by atoms with E-state index in [1.165, 1.54) is 18.3 Å². The van der Waals surface area contributed by atoms with Crippen molar-refractivity contribution in [2.24, 2.45) is 11.1 Å². The van der Waals surface area contributed by atoms with E-state index in [0.717, 1.165) is 12.1 Å². The van der Waals surface area contributed by atoms with Crippen LogP contribution in [-0.4, -0.2) is 62.2 Å². The Morgan fingerprint density at radius 2 is 1.92 bits per heavy atom. The molecule has 4 N–H and O–H groups in total. The van der Waals surface area contributed by atoms with Crippen LogP contribution in [0.2, 0.25) is 0 Å². The summed E-state index contributed by atoms with van der Waals surface area (Å²) < 4.78 is 33.6. The van der Waals surface area contributed by atoms with E-state index < -0.39 is 48.4 Å². The van der Waals surface area contributed by atoms with Gasteiger partial charge in [-0.2, -0.15) is 8.78 Å². The predicted molar refractivity (Wildman–Crippen MR) is 135 cm³/mol. The Hall–Kier alpha value is -3.84. The molecule has 13 heteroatoms. The largest absolute Gasteiger partial charge is 0.475 e. The van der Waals surface area contributed by atoms with Crippen molar-refractivity contribution >= 4 is 30.3 Å². The number of imidazole rings is 1. The number of amides is 2. The van der Waals surface area contributed by atoms with Crippen molar-refractivity contribution < 1.29 is 33.3 Å². The molecule has 38 heavy (non-hydrogen) atoms. The molecule has 1 aromatic carbocycles. The highest BCUT2D eigenvalue weighted by Gasteiger charge is 2.66. The van der Waals surface area contributed by atoms with Crippen molar-refractivity contribution in [1.82, 2.24) is 20.0 Å². The molecule has 2 unspecified atom stereocenters. The van der Waals surface area contributed by atoms with E-state index in [4.69, 9.17) is 4.84 Å². The van der Waals surface area contributed by atoms with E-state index in [1.54, 1.807) is 48.8 Å². The van der Waals surface area contributed by atoms with Gasteiger partial charge in [-0.3, -0.25) is 9.59 Å². The third-order valence-corrected chi connectivity index (χ3v) is 6.31. The number of rotatable bonds is 10. The van der Waals surface area contributed by atoms with Crippen molar-refractivity contribution in [1.29, 1.82) is 0 Å². The normalized spacial score (nSPS) is 18.1. The third-order valence-electron chi connectivity index (χ3n) is 6.31. The number of halogens is 2. The lowest BCUT2D eigenvalue weighted by atomic mass is 9.74. The number of pyridine rings is 1. The number of nitrogens with zero attached hydrogens (tertiary/aromatic N) is 3. The van der Waals surface area contributed by atoms with E-state index in [0.29, 0.717) is 5.65 Å². The zero-order valence-corrected chi connectivity index (χ0v) is 20.8. The molecule has 2 amide bonds. The first-order valence-electron chi connectivity index (χ1n) is 12.1. The van der Waals surface area contributed by atoms with Gasteiger partial charge in [0.2, 0.25) is 0 Å². The Labute approximate surface area is 217 Å². The maximum atomic E-state index is 16.0. The molecular weight excluding hydrogens is 499 g/mol. The predicted octanol–water partition coefficient (Wildman–Crippen LogP) is 1.91. The SMILES string of the molecule is CC(C)CC(NC(=O)C1(C(F)(F)c2ccccc2)CC(CNC(=O)c2cccn3ccnc23)=NO1)B(O)O. The molecule has 200 valence electrons. The summed E-state index contributed by atoms with van der Waals surface area (Å²) in [7, 11) is -1.98. The second-order valence-corrected chi connectivity index (χ2v) is 9.58. The number of hydrogen-bond acceptors (Lipinski definition) is 7. The Morgan fingerprint density at radius 3 is 2.61 bits per heavy atom. The molecule has 2 atom stereocenters. The van der Waals surface area contributed by atoms with E-state index in [2.05, 4.69) is 20.8 Å². The van der Waals surface area contributed by atoms with Gasteiger partial charge in [-0.15, -0.1) is 0 Å². The summed E-state index contributed by atoms with van der Waals surface area (Å²) in [6.07, 6.45) is 4.41. The van der Waals surface area contributed by atoms with E-state index in [-0.39, 0.29) is 30.2 Å². The summed E-state index contributed by atoms with van der Waals surface area (Å²) in [5.41, 5.74) is -2.61. The zero-order valence-electron chi connectivity index (χ0n) is 20.8. The molecule has 2 aromatic heterocycles. The Kier molecular flexibility index (Phi) is 7.79. The van der Waals surface area contributed by atoms with Gasteiger partial charge in [0, 0.05) is 30.6 Å². The summed E-state index contributed by atoms with van der Waals surface area (Å²) in [4.78, 5) is 35.6. The van der Waals surface area contributed by atoms with Crippen LogP contribution in [0, 0.1) is 5.92 Å². The van der Waals surface area contributed by atoms with E-state index >= 15 is 8.78 Å². The number of hydrogen-bond donors (Lipinski definition) is 4.